The van der Waals surface area contributed by atoms with Crippen LogP contribution >= 0.6 is 24.0 Å². The van der Waals surface area contributed by atoms with E-state index in [4.69, 9.17) is 4.42 Å². The molecule has 1 fully saturated rings. The summed E-state index contributed by atoms with van der Waals surface area (Å²) in [5.74, 6) is 2.15. The standard InChI is InChI=1S/C22H31N5O2.HI/c1-16-7-9-17(10-8-16)18-13-24-19(29-18)14-25-21(23-2)26-15-22(11-5-6-12-22)20(28)27(3)4;/h7-10,13H,5-6,11-12,14-15H2,1-4H3,(H2,23,25,26);1H. The molecule has 1 heterocycles. The zero-order chi connectivity index (χ0) is 20.9. The van der Waals surface area contributed by atoms with E-state index >= 15 is 0 Å². The molecule has 0 bridgehead atoms. The Kier molecular flexibility index (Phi) is 8.69. The number of rotatable bonds is 6. The van der Waals surface area contributed by atoms with Gasteiger partial charge in [0.25, 0.3) is 0 Å². The Morgan fingerprint density at radius 3 is 2.47 bits per heavy atom. The smallest absolute Gasteiger partial charge is 0.230 e. The van der Waals surface area contributed by atoms with Gasteiger partial charge in [-0.15, -0.1) is 24.0 Å². The first kappa shape index (κ1) is 24.2. The molecule has 0 saturated heterocycles. The normalized spacial score (nSPS) is 15.4. The molecule has 1 aliphatic rings. The lowest BCUT2D eigenvalue weighted by atomic mass is 9.84. The SMILES string of the molecule is CN=C(NCc1ncc(-c2ccc(C)cc2)o1)NCC1(C(=O)N(C)C)CCCC1.I. The number of hydrogen-bond acceptors (Lipinski definition) is 4. The molecule has 7 nitrogen and oxygen atoms in total. The Labute approximate surface area is 195 Å². The number of guanidine groups is 1. The highest BCUT2D eigenvalue weighted by Crippen LogP contribution is 2.38. The van der Waals surface area contributed by atoms with E-state index < -0.39 is 0 Å². The largest absolute Gasteiger partial charge is 0.439 e. The summed E-state index contributed by atoms with van der Waals surface area (Å²) in [6.07, 6.45) is 5.74. The number of oxazole rings is 1. The van der Waals surface area contributed by atoms with Crippen molar-refractivity contribution in [2.24, 2.45) is 10.4 Å². The molecule has 1 amide bonds. The molecule has 0 spiro atoms. The van der Waals surface area contributed by atoms with Gasteiger partial charge in [0.2, 0.25) is 11.8 Å². The maximum Gasteiger partial charge on any atom is 0.230 e. The molecule has 3 rings (SSSR count). The lowest BCUT2D eigenvalue weighted by Gasteiger charge is -2.31. The van der Waals surface area contributed by atoms with Gasteiger partial charge in [0.1, 0.15) is 0 Å². The summed E-state index contributed by atoms with van der Waals surface area (Å²) in [7, 11) is 5.37. The Morgan fingerprint density at radius 2 is 1.87 bits per heavy atom. The van der Waals surface area contributed by atoms with Gasteiger partial charge in [0, 0.05) is 33.3 Å². The summed E-state index contributed by atoms with van der Waals surface area (Å²) in [5, 5.41) is 6.55. The molecule has 2 N–H and O–H groups in total. The third-order valence-electron chi connectivity index (χ3n) is 5.54. The van der Waals surface area contributed by atoms with Crippen molar-refractivity contribution in [3.8, 4) is 11.3 Å². The first-order valence-electron chi connectivity index (χ1n) is 10.1. The number of carbonyl (C=O) groups is 1. The Hall–Kier alpha value is -2.10. The molecule has 0 aliphatic heterocycles. The van der Waals surface area contributed by atoms with Crippen molar-refractivity contribution in [2.75, 3.05) is 27.7 Å². The summed E-state index contributed by atoms with van der Waals surface area (Å²) < 4.78 is 5.85. The second-order valence-electron chi connectivity index (χ2n) is 7.95. The fourth-order valence-corrected chi connectivity index (χ4v) is 3.87. The summed E-state index contributed by atoms with van der Waals surface area (Å²) in [4.78, 5) is 23.0. The molecule has 1 saturated carbocycles. The van der Waals surface area contributed by atoms with E-state index in [2.05, 4.69) is 39.7 Å². The summed E-state index contributed by atoms with van der Waals surface area (Å²) in [6.45, 7) is 3.05. The first-order chi connectivity index (χ1) is 13.9. The molecule has 1 aromatic heterocycles. The number of aliphatic imine (C=N–C) groups is 1. The highest BCUT2D eigenvalue weighted by molar-refractivity contribution is 14.0. The van der Waals surface area contributed by atoms with Crippen molar-refractivity contribution in [3.05, 3.63) is 41.9 Å². The number of aryl methyl sites for hydroxylation is 1. The monoisotopic (exact) mass is 525 g/mol. The maximum atomic E-state index is 12.7. The molecule has 30 heavy (non-hydrogen) atoms. The predicted octanol–water partition coefficient (Wildman–Crippen LogP) is 3.58. The zero-order valence-corrected chi connectivity index (χ0v) is 20.5. The van der Waals surface area contributed by atoms with E-state index in [0.29, 0.717) is 24.9 Å². The van der Waals surface area contributed by atoms with Crippen LogP contribution in [0.25, 0.3) is 11.3 Å². The number of benzene rings is 1. The lowest BCUT2D eigenvalue weighted by molar-refractivity contribution is -0.138. The summed E-state index contributed by atoms with van der Waals surface area (Å²) >= 11 is 0. The van der Waals surface area contributed by atoms with Crippen molar-refractivity contribution in [1.82, 2.24) is 20.5 Å². The minimum atomic E-state index is -0.345. The van der Waals surface area contributed by atoms with Crippen molar-refractivity contribution in [2.45, 2.75) is 39.2 Å². The van der Waals surface area contributed by atoms with Gasteiger partial charge in [0.15, 0.2) is 11.7 Å². The maximum absolute atomic E-state index is 12.7. The van der Waals surface area contributed by atoms with E-state index in [-0.39, 0.29) is 35.3 Å². The lowest BCUT2D eigenvalue weighted by Crippen LogP contribution is -2.49. The minimum absolute atomic E-state index is 0. The van der Waals surface area contributed by atoms with Crippen LogP contribution in [0.5, 0.6) is 0 Å². The number of halogens is 1. The Balaban J connectivity index is 0.00000320. The molecule has 0 radical (unpaired) electrons. The zero-order valence-electron chi connectivity index (χ0n) is 18.2. The fraction of sp³-hybridized carbons (Fsp3) is 0.500. The van der Waals surface area contributed by atoms with Gasteiger partial charge in [-0.1, -0.05) is 42.7 Å². The minimum Gasteiger partial charge on any atom is -0.439 e. The van der Waals surface area contributed by atoms with Crippen LogP contribution in [-0.4, -0.2) is 49.4 Å². The van der Waals surface area contributed by atoms with Crippen LogP contribution in [0.3, 0.4) is 0 Å². The van der Waals surface area contributed by atoms with Crippen molar-refractivity contribution < 1.29 is 9.21 Å². The molecule has 1 aliphatic carbocycles. The van der Waals surface area contributed by atoms with Crippen LogP contribution in [-0.2, 0) is 11.3 Å². The molecular weight excluding hydrogens is 493 g/mol. The highest BCUT2D eigenvalue weighted by Gasteiger charge is 2.42. The topological polar surface area (TPSA) is 82.8 Å². The number of aromatic nitrogens is 1. The average Bonchev–Trinajstić information content (AvgIpc) is 3.38. The number of hydrogen-bond donors (Lipinski definition) is 2. The molecule has 0 atom stereocenters. The first-order valence-corrected chi connectivity index (χ1v) is 10.1. The second kappa shape index (κ2) is 10.8. The molecular formula is C22H32IN5O2. The van der Waals surface area contributed by atoms with Crippen molar-refractivity contribution >= 4 is 35.8 Å². The molecule has 8 heteroatoms. The number of amides is 1. The van der Waals surface area contributed by atoms with Crippen molar-refractivity contribution in [3.63, 3.8) is 0 Å². The van der Waals surface area contributed by atoms with E-state index in [1.54, 1.807) is 18.1 Å². The van der Waals surface area contributed by atoms with Gasteiger partial charge >= 0.3 is 0 Å². The molecule has 1 aromatic carbocycles. The van der Waals surface area contributed by atoms with Crippen LogP contribution in [0.1, 0.15) is 37.1 Å². The van der Waals surface area contributed by atoms with E-state index in [1.807, 2.05) is 26.2 Å². The van der Waals surface area contributed by atoms with Gasteiger partial charge in [-0.3, -0.25) is 9.79 Å². The van der Waals surface area contributed by atoms with Gasteiger partial charge in [-0.2, -0.15) is 0 Å². The Morgan fingerprint density at radius 1 is 1.20 bits per heavy atom. The second-order valence-corrected chi connectivity index (χ2v) is 7.95. The molecule has 0 unspecified atom stereocenters. The Bertz CT molecular complexity index is 855. The van der Waals surface area contributed by atoms with Crippen LogP contribution in [0.2, 0.25) is 0 Å². The van der Waals surface area contributed by atoms with Gasteiger partial charge in [-0.05, 0) is 19.8 Å². The van der Waals surface area contributed by atoms with E-state index in [9.17, 15) is 4.79 Å². The predicted molar refractivity (Wildman–Crippen MR) is 130 cm³/mol. The third kappa shape index (κ3) is 5.74. The van der Waals surface area contributed by atoms with Crippen LogP contribution in [0.4, 0.5) is 0 Å². The quantitative estimate of drug-likeness (QED) is 0.343. The number of nitrogens with one attached hydrogen (secondary N) is 2. The fourth-order valence-electron chi connectivity index (χ4n) is 3.87. The van der Waals surface area contributed by atoms with Gasteiger partial charge < -0.3 is 20.0 Å². The van der Waals surface area contributed by atoms with Gasteiger partial charge in [-0.25, -0.2) is 4.98 Å². The average molecular weight is 525 g/mol. The summed E-state index contributed by atoms with van der Waals surface area (Å²) in [6, 6.07) is 8.15. The van der Waals surface area contributed by atoms with Crippen molar-refractivity contribution in [1.29, 1.82) is 0 Å². The molecule has 2 aromatic rings. The number of nitrogens with zero attached hydrogens (tertiary/aromatic N) is 3. The van der Waals surface area contributed by atoms with Crippen LogP contribution in [0.15, 0.2) is 39.9 Å². The highest BCUT2D eigenvalue weighted by atomic mass is 127. The van der Waals surface area contributed by atoms with Crippen LogP contribution in [0, 0.1) is 12.3 Å². The molecule has 164 valence electrons. The van der Waals surface area contributed by atoms with E-state index in [1.165, 1.54) is 5.56 Å². The number of carbonyl (C=O) groups excluding carboxylic acids is 1. The van der Waals surface area contributed by atoms with Crippen LogP contribution < -0.4 is 10.6 Å². The van der Waals surface area contributed by atoms with Gasteiger partial charge in [0.05, 0.1) is 18.2 Å². The third-order valence-corrected chi connectivity index (χ3v) is 5.54. The summed E-state index contributed by atoms with van der Waals surface area (Å²) in [5.41, 5.74) is 1.86. The van der Waals surface area contributed by atoms with E-state index in [0.717, 1.165) is 37.0 Å².